The Kier molecular flexibility index (Phi) is 23.5. The Balaban J connectivity index is 0.000000211. The number of amides is 3. The minimum atomic E-state index is -0.924. The monoisotopic (exact) mass is 1350 g/mol. The van der Waals surface area contributed by atoms with Crippen molar-refractivity contribution in [1.29, 1.82) is 0 Å². The molecule has 7 aromatic carbocycles. The first-order valence-corrected chi connectivity index (χ1v) is 33.2. The van der Waals surface area contributed by atoms with Gasteiger partial charge in [0.1, 0.15) is 17.4 Å². The van der Waals surface area contributed by atoms with E-state index >= 15 is 0 Å². The zero-order valence-corrected chi connectivity index (χ0v) is 56.2. The molecule has 17 nitrogen and oxygen atoms in total. The lowest BCUT2D eigenvalue weighted by Gasteiger charge is -2.24. The number of imidazole rings is 3. The van der Waals surface area contributed by atoms with E-state index in [1.807, 2.05) is 119 Å². The Morgan fingerprint density at radius 1 is 0.598 bits per heavy atom. The van der Waals surface area contributed by atoms with Gasteiger partial charge in [-0.2, -0.15) is 0 Å². The van der Waals surface area contributed by atoms with Crippen LogP contribution in [0.4, 0.5) is 14.5 Å². The standard InChI is InChI=1S/C39H41Cl2F2N5O2.C37H38N8O2/c1-4-16-47(17-5-2)29-11-8-27(9-12-29)38-45-36-22-28(10-15-37(36)48(38)23-26-7-14-32(42)33(43)20-26)35(18-24(3)49)46-39(50)34(44)21-25-6-13-30(40)31(41)19-25;1-25-8-10-26(11-9-25)20-31(38)37(47)43-32(22-35(39)46)28-12-13-34-33(21-28)42-36(45(34)17-14-30-7-2-3-15-41-30)29-6-4-5-27(19-29)23-44-18-16-40-24-44/h6-15,19-20,22,34-35H,4-5,16-18,21,23,44H2,1-3H3,(H,46,50);2-13,15-16,18-19,21,24,31-32H,14,17,20,22-23,38H2,1H3,(H2,39,46)(H,43,47)/t34-,35?;31-,32?/m01/s1. The molecular weight excluding hydrogens is 1270 g/mol. The zero-order valence-electron chi connectivity index (χ0n) is 54.6. The minimum Gasteiger partial charge on any atom is -0.372 e. The summed E-state index contributed by atoms with van der Waals surface area (Å²) in [5.74, 6) is -1.80. The minimum absolute atomic E-state index is 0.0483. The van der Waals surface area contributed by atoms with E-state index in [-0.39, 0.29) is 37.5 Å². The van der Waals surface area contributed by atoms with Gasteiger partial charge >= 0.3 is 0 Å². The molecular formula is C76H79Cl2F2N13O4. The molecule has 11 aromatic rings. The second-order valence-electron chi connectivity index (χ2n) is 24.4. The largest absolute Gasteiger partial charge is 0.372 e. The number of pyridine rings is 1. The van der Waals surface area contributed by atoms with Gasteiger partial charge in [0.05, 0.1) is 69.0 Å². The van der Waals surface area contributed by atoms with Crippen LogP contribution in [-0.4, -0.2) is 82.3 Å². The third-order valence-corrected chi connectivity index (χ3v) is 17.5. The molecule has 0 bridgehead atoms. The molecule has 97 heavy (non-hydrogen) atoms. The van der Waals surface area contributed by atoms with Crippen LogP contribution in [0.15, 0.2) is 189 Å². The third kappa shape index (κ3) is 18.4. The van der Waals surface area contributed by atoms with Crippen LogP contribution in [0.2, 0.25) is 10.0 Å². The molecule has 2 unspecified atom stereocenters. The lowest BCUT2D eigenvalue weighted by atomic mass is 9.99. The maximum absolute atomic E-state index is 14.3. The maximum Gasteiger partial charge on any atom is 0.237 e. The summed E-state index contributed by atoms with van der Waals surface area (Å²) in [6, 6.07) is 47.7. The number of benzene rings is 7. The molecule has 0 aliphatic carbocycles. The Labute approximate surface area is 573 Å². The van der Waals surface area contributed by atoms with E-state index < -0.39 is 47.6 Å². The number of halogens is 4. The fourth-order valence-corrected chi connectivity index (χ4v) is 12.2. The second kappa shape index (κ2) is 32.7. The molecule has 4 atom stereocenters. The number of nitrogens with one attached hydrogen (secondary N) is 2. The van der Waals surface area contributed by atoms with E-state index in [1.54, 1.807) is 43.0 Å². The SMILES string of the molecule is CCCN(CCC)c1ccc(-c2nc3cc(C(CC(C)=O)NC(=O)[C@@H](N)Cc4ccc(Cl)c(Cl)c4)ccc3n2Cc2ccc(F)c(F)c2)cc1.Cc1ccc(C[C@@H](N)C(=O)NC(CC(N)=O)c2ccc3c(c2)nc(-c2cccc(Cn4ccnc4)c2)n3CCc2ccccn2)cc1. The molecule has 0 aliphatic heterocycles. The molecule has 500 valence electrons. The lowest BCUT2D eigenvalue weighted by molar-refractivity contribution is -0.125. The van der Waals surface area contributed by atoms with Crippen LogP contribution in [-0.2, 0) is 58.1 Å². The molecule has 0 saturated heterocycles. The van der Waals surface area contributed by atoms with Gasteiger partial charge in [0, 0.05) is 86.7 Å². The number of hydrogen-bond donors (Lipinski definition) is 5. The van der Waals surface area contributed by atoms with E-state index in [1.165, 1.54) is 13.0 Å². The van der Waals surface area contributed by atoms with Gasteiger partial charge in [0.15, 0.2) is 11.6 Å². The predicted octanol–water partition coefficient (Wildman–Crippen LogP) is 13.2. The van der Waals surface area contributed by atoms with Crippen LogP contribution in [0.25, 0.3) is 44.8 Å². The summed E-state index contributed by atoms with van der Waals surface area (Å²) in [6.45, 7) is 11.3. The van der Waals surface area contributed by atoms with Crippen molar-refractivity contribution in [2.24, 2.45) is 17.2 Å². The highest BCUT2D eigenvalue weighted by molar-refractivity contribution is 6.42. The summed E-state index contributed by atoms with van der Waals surface area (Å²) in [5.41, 5.74) is 31.1. The molecule has 0 aliphatic rings. The molecule has 4 heterocycles. The topological polar surface area (TPSA) is 240 Å². The fourth-order valence-electron chi connectivity index (χ4n) is 11.9. The number of carbonyl (C=O) groups is 4. The average molecular weight is 1350 g/mol. The number of fused-ring (bicyclic) bond motifs is 2. The number of hydrogen-bond acceptors (Lipinski definition) is 11. The summed E-state index contributed by atoms with van der Waals surface area (Å²) in [5, 5.41) is 6.71. The normalized spacial score (nSPS) is 12.6. The number of aryl methyl sites for hydroxylation is 3. The summed E-state index contributed by atoms with van der Waals surface area (Å²) in [7, 11) is 0. The predicted molar refractivity (Wildman–Crippen MR) is 380 cm³/mol. The fraction of sp³-hybridized carbons (Fsp3) is 0.263. The summed E-state index contributed by atoms with van der Waals surface area (Å²) < 4.78 is 34.3. The molecule has 3 amide bonds. The van der Waals surface area contributed by atoms with Crippen molar-refractivity contribution in [3.63, 3.8) is 0 Å². The first-order chi connectivity index (χ1) is 46.8. The van der Waals surface area contributed by atoms with Crippen molar-refractivity contribution in [2.45, 2.75) is 116 Å². The summed E-state index contributed by atoms with van der Waals surface area (Å²) in [6.07, 6.45) is 10.7. The van der Waals surface area contributed by atoms with Crippen molar-refractivity contribution in [1.82, 2.24) is 44.3 Å². The van der Waals surface area contributed by atoms with Gasteiger partial charge in [-0.05, 0) is 164 Å². The van der Waals surface area contributed by atoms with Crippen molar-refractivity contribution in [3.8, 4) is 22.8 Å². The van der Waals surface area contributed by atoms with Crippen LogP contribution in [0, 0.1) is 18.6 Å². The van der Waals surface area contributed by atoms with Gasteiger partial charge < -0.3 is 46.4 Å². The van der Waals surface area contributed by atoms with Gasteiger partial charge in [0.2, 0.25) is 17.7 Å². The molecule has 0 saturated carbocycles. The molecule has 4 aromatic heterocycles. The van der Waals surface area contributed by atoms with Gasteiger partial charge in [0.25, 0.3) is 0 Å². The number of carbonyl (C=O) groups excluding carboxylic acids is 4. The number of rotatable bonds is 28. The number of nitrogens with two attached hydrogens (primary N) is 3. The van der Waals surface area contributed by atoms with E-state index in [0.717, 1.165) is 111 Å². The van der Waals surface area contributed by atoms with Crippen LogP contribution >= 0.6 is 23.2 Å². The Morgan fingerprint density at radius 3 is 1.81 bits per heavy atom. The van der Waals surface area contributed by atoms with E-state index in [2.05, 4.69) is 74.2 Å². The van der Waals surface area contributed by atoms with E-state index in [4.69, 9.17) is 50.4 Å². The van der Waals surface area contributed by atoms with Crippen molar-refractivity contribution in [2.75, 3.05) is 18.0 Å². The quantitative estimate of drug-likeness (QED) is 0.0309. The number of Topliss-reactive ketones (excluding diaryl/α,β-unsaturated/α-hetero) is 1. The van der Waals surface area contributed by atoms with Crippen molar-refractivity contribution < 1.29 is 28.0 Å². The Hall–Kier alpha value is -9.92. The van der Waals surface area contributed by atoms with Crippen LogP contribution in [0.1, 0.15) is 103 Å². The van der Waals surface area contributed by atoms with Crippen LogP contribution in [0.3, 0.4) is 0 Å². The van der Waals surface area contributed by atoms with E-state index in [0.29, 0.717) is 52.0 Å². The smallest absolute Gasteiger partial charge is 0.237 e. The van der Waals surface area contributed by atoms with Gasteiger partial charge in [-0.15, -0.1) is 0 Å². The highest BCUT2D eigenvalue weighted by Gasteiger charge is 2.26. The van der Waals surface area contributed by atoms with Gasteiger partial charge in [-0.25, -0.2) is 23.7 Å². The Morgan fingerprint density at radius 2 is 1.22 bits per heavy atom. The third-order valence-electron chi connectivity index (χ3n) is 16.8. The van der Waals surface area contributed by atoms with E-state index in [9.17, 15) is 28.0 Å². The first-order valence-electron chi connectivity index (χ1n) is 32.4. The molecule has 0 radical (unpaired) electrons. The van der Waals surface area contributed by atoms with Gasteiger partial charge in [-0.1, -0.05) is 115 Å². The molecule has 11 rings (SSSR count). The highest BCUT2D eigenvalue weighted by Crippen LogP contribution is 2.33. The Bertz CT molecular complexity index is 4520. The number of anilines is 1. The average Bonchev–Trinajstić information content (AvgIpc) is 1.63. The first kappa shape index (κ1) is 69.9. The van der Waals surface area contributed by atoms with Crippen LogP contribution < -0.4 is 32.7 Å². The molecule has 0 spiro atoms. The summed E-state index contributed by atoms with van der Waals surface area (Å²) >= 11 is 12.2. The highest BCUT2D eigenvalue weighted by atomic mass is 35.5. The summed E-state index contributed by atoms with van der Waals surface area (Å²) in [4.78, 5) is 72.2. The molecule has 0 fully saturated rings. The molecule has 21 heteroatoms. The number of nitrogens with zero attached hydrogens (tertiary/aromatic N) is 8. The number of ketones is 1. The van der Waals surface area contributed by atoms with Gasteiger partial charge in [-0.3, -0.25) is 24.2 Å². The lowest BCUT2D eigenvalue weighted by Crippen LogP contribution is -2.44. The van der Waals surface area contributed by atoms with Crippen molar-refractivity contribution >= 4 is 74.5 Å². The molecule has 8 N–H and O–H groups in total. The van der Waals surface area contributed by atoms with Crippen molar-refractivity contribution in [3.05, 3.63) is 255 Å². The number of primary amides is 1. The number of aromatic nitrogens is 7. The maximum atomic E-state index is 14.3. The zero-order chi connectivity index (χ0) is 68.7. The van der Waals surface area contributed by atoms with Crippen LogP contribution in [0.5, 0.6) is 0 Å². The second-order valence-corrected chi connectivity index (χ2v) is 25.3.